The molecule has 2 aromatic heterocycles. The number of nitrogen functional groups attached to an aromatic ring is 1. The SMILES string of the molecule is CC(C)(F)C(C)(F)c1c(C#N)c(Cl)c2cnc(N)nn12.OC1CCCOC1. The van der Waals surface area contributed by atoms with Crippen molar-refractivity contribution in [1.29, 1.82) is 5.26 Å². The number of aliphatic hydroxyl groups excluding tert-OH is 1. The molecule has 27 heavy (non-hydrogen) atoms. The summed E-state index contributed by atoms with van der Waals surface area (Å²) >= 11 is 6.02. The summed E-state index contributed by atoms with van der Waals surface area (Å²) < 4.78 is 35.1. The fourth-order valence-corrected chi connectivity index (χ4v) is 2.82. The van der Waals surface area contributed by atoms with Gasteiger partial charge < -0.3 is 15.6 Å². The number of aromatic nitrogens is 3. The third-order valence-electron chi connectivity index (χ3n) is 4.45. The number of ether oxygens (including phenoxy) is 1. The Bertz CT molecular complexity index is 852. The number of nitriles is 1. The Morgan fingerprint density at radius 3 is 2.56 bits per heavy atom. The number of aliphatic hydroxyl groups is 1. The minimum Gasteiger partial charge on any atom is -0.391 e. The van der Waals surface area contributed by atoms with Crippen molar-refractivity contribution >= 4 is 23.1 Å². The molecule has 0 saturated carbocycles. The van der Waals surface area contributed by atoms with E-state index in [0.29, 0.717) is 6.61 Å². The molecular weight excluding hydrogens is 380 g/mol. The van der Waals surface area contributed by atoms with E-state index in [4.69, 9.17) is 27.2 Å². The lowest BCUT2D eigenvalue weighted by atomic mass is 9.86. The predicted molar refractivity (Wildman–Crippen MR) is 96.8 cm³/mol. The summed E-state index contributed by atoms with van der Waals surface area (Å²) in [4.78, 5) is 3.74. The van der Waals surface area contributed by atoms with Gasteiger partial charge in [-0.15, -0.1) is 5.10 Å². The van der Waals surface area contributed by atoms with E-state index in [1.807, 2.05) is 0 Å². The number of fused-ring (bicyclic) bond motifs is 1. The summed E-state index contributed by atoms with van der Waals surface area (Å²) in [6.45, 7) is 4.55. The van der Waals surface area contributed by atoms with Crippen LogP contribution < -0.4 is 5.73 Å². The van der Waals surface area contributed by atoms with Gasteiger partial charge in [-0.1, -0.05) is 11.6 Å². The Kier molecular flexibility index (Phi) is 6.24. The molecule has 0 radical (unpaired) electrons. The van der Waals surface area contributed by atoms with E-state index < -0.39 is 11.3 Å². The largest absolute Gasteiger partial charge is 0.391 e. The van der Waals surface area contributed by atoms with Gasteiger partial charge in [0.2, 0.25) is 5.95 Å². The number of hydrogen-bond donors (Lipinski definition) is 2. The van der Waals surface area contributed by atoms with E-state index in [1.165, 1.54) is 6.20 Å². The van der Waals surface area contributed by atoms with E-state index in [9.17, 15) is 14.0 Å². The van der Waals surface area contributed by atoms with Gasteiger partial charge >= 0.3 is 0 Å². The zero-order valence-corrected chi connectivity index (χ0v) is 16.1. The Hall–Kier alpha value is -2.02. The molecule has 3 rings (SSSR count). The first-order valence-electron chi connectivity index (χ1n) is 8.37. The highest BCUT2D eigenvalue weighted by molar-refractivity contribution is 6.35. The van der Waals surface area contributed by atoms with Crippen molar-refractivity contribution in [2.24, 2.45) is 0 Å². The molecule has 0 aromatic carbocycles. The van der Waals surface area contributed by atoms with Crippen LogP contribution in [-0.2, 0) is 10.4 Å². The highest BCUT2D eigenvalue weighted by Gasteiger charge is 2.48. The number of anilines is 1. The van der Waals surface area contributed by atoms with Gasteiger partial charge in [0.05, 0.1) is 29.5 Å². The zero-order chi connectivity index (χ0) is 20.4. The molecule has 2 aromatic rings. The Labute approximate surface area is 160 Å². The molecular formula is C17H22ClF2N5O2. The maximum atomic E-state index is 14.9. The second kappa shape index (κ2) is 7.92. The van der Waals surface area contributed by atoms with Crippen molar-refractivity contribution in [3.05, 3.63) is 22.5 Å². The first-order valence-corrected chi connectivity index (χ1v) is 8.75. The molecule has 1 saturated heterocycles. The quantitative estimate of drug-likeness (QED) is 0.800. The van der Waals surface area contributed by atoms with Crippen molar-refractivity contribution < 1.29 is 18.6 Å². The average Bonchev–Trinajstić information content (AvgIpc) is 2.87. The maximum absolute atomic E-state index is 14.9. The smallest absolute Gasteiger partial charge is 0.238 e. The molecule has 3 heterocycles. The number of nitrogens with zero attached hydrogens (tertiary/aromatic N) is 4. The van der Waals surface area contributed by atoms with Crippen LogP contribution in [0.3, 0.4) is 0 Å². The Morgan fingerprint density at radius 2 is 2.11 bits per heavy atom. The minimum atomic E-state index is -2.49. The lowest BCUT2D eigenvalue weighted by Crippen LogP contribution is -2.39. The van der Waals surface area contributed by atoms with Crippen molar-refractivity contribution in [2.75, 3.05) is 18.9 Å². The molecule has 148 valence electrons. The van der Waals surface area contributed by atoms with Crippen molar-refractivity contribution in [1.82, 2.24) is 14.6 Å². The summed E-state index contributed by atoms with van der Waals surface area (Å²) in [5.41, 5.74) is 0.456. The third kappa shape index (κ3) is 4.29. The molecule has 2 atom stereocenters. The first kappa shape index (κ1) is 21.3. The van der Waals surface area contributed by atoms with Crippen molar-refractivity contribution in [3.63, 3.8) is 0 Å². The zero-order valence-electron chi connectivity index (χ0n) is 15.3. The van der Waals surface area contributed by atoms with Crippen LogP contribution in [0, 0.1) is 11.3 Å². The number of nitrogens with two attached hydrogens (primary N) is 1. The van der Waals surface area contributed by atoms with E-state index >= 15 is 0 Å². The summed E-state index contributed by atoms with van der Waals surface area (Å²) in [6, 6.07) is 1.78. The fraction of sp³-hybridized carbons (Fsp3) is 0.588. The van der Waals surface area contributed by atoms with Crippen LogP contribution in [-0.4, -0.2) is 44.7 Å². The topological polar surface area (TPSA) is 109 Å². The van der Waals surface area contributed by atoms with Crippen LogP contribution in [0.5, 0.6) is 0 Å². The minimum absolute atomic E-state index is 0.0318. The van der Waals surface area contributed by atoms with Gasteiger partial charge in [-0.05, 0) is 33.6 Å². The number of hydrogen-bond acceptors (Lipinski definition) is 6. The first-order chi connectivity index (χ1) is 12.5. The average molecular weight is 402 g/mol. The van der Waals surface area contributed by atoms with Crippen LogP contribution >= 0.6 is 11.6 Å². The Morgan fingerprint density at radius 1 is 1.44 bits per heavy atom. The number of halogens is 3. The van der Waals surface area contributed by atoms with Crippen molar-refractivity contribution in [2.45, 2.75) is 51.1 Å². The van der Waals surface area contributed by atoms with Crippen LogP contribution in [0.2, 0.25) is 5.02 Å². The molecule has 2 unspecified atom stereocenters. The van der Waals surface area contributed by atoms with E-state index in [0.717, 1.165) is 44.7 Å². The van der Waals surface area contributed by atoms with Crippen LogP contribution in [0.25, 0.3) is 5.52 Å². The van der Waals surface area contributed by atoms with E-state index in [2.05, 4.69) is 10.1 Å². The Balaban J connectivity index is 0.000000313. The lowest BCUT2D eigenvalue weighted by Gasteiger charge is -2.30. The monoisotopic (exact) mass is 401 g/mol. The van der Waals surface area contributed by atoms with Gasteiger partial charge in [0.25, 0.3) is 0 Å². The summed E-state index contributed by atoms with van der Waals surface area (Å²) in [5.74, 6) is -0.137. The molecule has 1 aliphatic rings. The van der Waals surface area contributed by atoms with Crippen LogP contribution in [0.1, 0.15) is 44.9 Å². The normalized spacial score (nSPS) is 19.7. The number of alkyl halides is 2. The molecule has 3 N–H and O–H groups in total. The molecule has 10 heteroatoms. The summed E-state index contributed by atoms with van der Waals surface area (Å²) in [6.07, 6.45) is 3.01. The molecule has 7 nitrogen and oxygen atoms in total. The van der Waals surface area contributed by atoms with Gasteiger partial charge in [-0.2, -0.15) is 5.26 Å². The lowest BCUT2D eigenvalue weighted by molar-refractivity contribution is -0.00905. The van der Waals surface area contributed by atoms with Gasteiger partial charge in [-0.25, -0.2) is 18.3 Å². The molecule has 0 spiro atoms. The highest BCUT2D eigenvalue weighted by Crippen LogP contribution is 2.43. The molecule has 0 bridgehead atoms. The third-order valence-corrected chi connectivity index (χ3v) is 4.83. The summed E-state index contributed by atoms with van der Waals surface area (Å²) in [5, 5.41) is 21.8. The van der Waals surface area contributed by atoms with Gasteiger partial charge in [-0.3, -0.25) is 0 Å². The summed E-state index contributed by atoms with van der Waals surface area (Å²) in [7, 11) is 0. The molecule has 0 aliphatic carbocycles. The second-order valence-corrected chi connectivity index (χ2v) is 7.29. The van der Waals surface area contributed by atoms with Crippen LogP contribution in [0.4, 0.5) is 14.7 Å². The second-order valence-electron chi connectivity index (χ2n) is 6.91. The van der Waals surface area contributed by atoms with Gasteiger partial charge in [0.15, 0.2) is 5.67 Å². The van der Waals surface area contributed by atoms with E-state index in [-0.39, 0.29) is 33.8 Å². The van der Waals surface area contributed by atoms with Crippen molar-refractivity contribution in [3.8, 4) is 6.07 Å². The van der Waals surface area contributed by atoms with Gasteiger partial charge in [0.1, 0.15) is 22.9 Å². The molecule has 0 amide bonds. The fourth-order valence-electron chi connectivity index (χ4n) is 2.56. The molecule has 1 fully saturated rings. The molecule has 1 aliphatic heterocycles. The maximum Gasteiger partial charge on any atom is 0.238 e. The van der Waals surface area contributed by atoms with Gasteiger partial charge in [0, 0.05) is 6.61 Å². The predicted octanol–water partition coefficient (Wildman–Crippen LogP) is 2.93. The highest BCUT2D eigenvalue weighted by atomic mass is 35.5. The van der Waals surface area contributed by atoms with E-state index in [1.54, 1.807) is 6.07 Å². The number of rotatable bonds is 2. The van der Waals surface area contributed by atoms with Crippen LogP contribution in [0.15, 0.2) is 6.20 Å². The standard InChI is InChI=1S/C12H12ClF2N5.C5H10O2/c1-11(2,14)12(3,15)9-6(4-16)8(13)7-5-18-10(17)19-20(7)9;6-5-2-1-3-7-4-5/h5H,1-3H3,(H2,17,19);5-6H,1-4H2.